The second-order valence-corrected chi connectivity index (χ2v) is 15.9. The predicted molar refractivity (Wildman–Crippen MR) is 244 cm³/mol. The number of unbranched alkanes of at least 4 members (excludes halogenated alkanes) is 11. The molecule has 4 N–H and O–H groups in total. The van der Waals surface area contributed by atoms with Crippen molar-refractivity contribution in [2.45, 2.75) is 167 Å². The molecule has 11 heteroatoms. The third kappa shape index (κ3) is 42.8. The zero-order chi connectivity index (χ0) is 43.3. The fourth-order valence-corrected chi connectivity index (χ4v) is 6.19. The van der Waals surface area contributed by atoms with Crippen LogP contribution >= 0.6 is 7.82 Å². The molecular weight excluding hydrogens is 766 g/mol. The van der Waals surface area contributed by atoms with Crippen LogP contribution in [0.5, 0.6) is 0 Å². The van der Waals surface area contributed by atoms with Gasteiger partial charge in [0.25, 0.3) is 0 Å². The van der Waals surface area contributed by atoms with Gasteiger partial charge >= 0.3 is 19.8 Å². The number of ether oxygens (including phenoxy) is 2. The number of carboxylic acid groups (broad SMARTS) is 1. The van der Waals surface area contributed by atoms with Gasteiger partial charge in [-0.05, 0) is 89.9 Å². The number of hydrogen-bond donors (Lipinski definition) is 3. The Hall–Kier alpha value is -3.11. The number of aliphatic carboxylic acids is 1. The van der Waals surface area contributed by atoms with E-state index in [0.717, 1.165) is 70.6 Å². The Morgan fingerprint density at radius 1 is 0.559 bits per heavy atom. The number of nitrogens with two attached hydrogens (primary N) is 1. The number of phosphoric acid groups is 1. The number of carbonyl (C=O) groups is 2. The van der Waals surface area contributed by atoms with E-state index >= 15 is 0 Å². The van der Waals surface area contributed by atoms with E-state index < -0.39 is 45.1 Å². The van der Waals surface area contributed by atoms with Gasteiger partial charge in [0.15, 0.2) is 0 Å². The van der Waals surface area contributed by atoms with E-state index in [9.17, 15) is 19.0 Å². The molecule has 3 atom stereocenters. The third-order valence-electron chi connectivity index (χ3n) is 8.85. The summed E-state index contributed by atoms with van der Waals surface area (Å²) in [5.41, 5.74) is 5.35. The van der Waals surface area contributed by atoms with E-state index in [1.165, 1.54) is 51.4 Å². The molecule has 0 radical (unpaired) electrons. The van der Waals surface area contributed by atoms with Crippen LogP contribution < -0.4 is 5.73 Å². The van der Waals surface area contributed by atoms with E-state index in [4.69, 9.17) is 29.4 Å². The normalized spacial score (nSPS) is 14.8. The fourth-order valence-electron chi connectivity index (χ4n) is 5.41. The van der Waals surface area contributed by atoms with Gasteiger partial charge in [-0.15, -0.1) is 0 Å². The summed E-state index contributed by atoms with van der Waals surface area (Å²) >= 11 is 0. The van der Waals surface area contributed by atoms with Crippen molar-refractivity contribution in [2.75, 3.05) is 26.4 Å². The van der Waals surface area contributed by atoms with Crippen molar-refractivity contribution in [3.63, 3.8) is 0 Å². The van der Waals surface area contributed by atoms with Crippen molar-refractivity contribution in [2.24, 2.45) is 5.73 Å². The largest absolute Gasteiger partial charge is 0.480 e. The zero-order valence-corrected chi connectivity index (χ0v) is 37.4. The van der Waals surface area contributed by atoms with Gasteiger partial charge in [-0.25, -0.2) is 4.57 Å². The molecule has 0 rings (SSSR count). The standard InChI is InChI=1S/C48H80NO9P/c1-3-5-7-9-11-13-15-17-19-20-21-22-23-24-25-26-27-28-30-32-34-36-38-40-47(50)58-45(43-56-59(53,54)57-44-46(49)48(51)52)42-55-41-39-37-35-33-31-29-18-16-14-12-10-8-6-4-2/h5,7,11,13-14,16-17,19,21-22,24-25,27-28,32,34,45-46H,3-4,6,8-10,12,15,18,20,23,26,29-31,33,35-44,49H2,1-2H3,(H,51,52)(H,53,54)/b7-5-,13-11-,16-14-,19-17-,22-21-,25-24-,28-27-,34-32-. The first-order valence-corrected chi connectivity index (χ1v) is 23.8. The number of allylic oxidation sites excluding steroid dienone is 16. The van der Waals surface area contributed by atoms with Crippen molar-refractivity contribution in [3.05, 3.63) is 97.2 Å². The molecule has 0 saturated carbocycles. The molecule has 0 aromatic carbocycles. The van der Waals surface area contributed by atoms with Gasteiger partial charge in [0.1, 0.15) is 12.1 Å². The Morgan fingerprint density at radius 3 is 1.49 bits per heavy atom. The summed E-state index contributed by atoms with van der Waals surface area (Å²) in [5.74, 6) is -1.85. The van der Waals surface area contributed by atoms with Crippen molar-refractivity contribution in [3.8, 4) is 0 Å². The van der Waals surface area contributed by atoms with Gasteiger partial charge in [-0.3, -0.25) is 18.6 Å². The van der Waals surface area contributed by atoms with Crippen LogP contribution in [0.25, 0.3) is 0 Å². The second-order valence-electron chi connectivity index (χ2n) is 14.4. The lowest BCUT2D eigenvalue weighted by Crippen LogP contribution is -2.34. The molecule has 0 aliphatic rings. The summed E-state index contributed by atoms with van der Waals surface area (Å²) in [4.78, 5) is 33.5. The van der Waals surface area contributed by atoms with Crippen LogP contribution in [0.1, 0.15) is 155 Å². The monoisotopic (exact) mass is 846 g/mol. The van der Waals surface area contributed by atoms with Crippen molar-refractivity contribution < 1.29 is 42.7 Å². The minimum Gasteiger partial charge on any atom is -0.480 e. The Kier molecular flexibility index (Phi) is 40.7. The smallest absolute Gasteiger partial charge is 0.472 e. The highest BCUT2D eigenvalue weighted by Gasteiger charge is 2.27. The Bertz CT molecular complexity index is 1300. The maximum atomic E-state index is 12.6. The Balaban J connectivity index is 4.37. The van der Waals surface area contributed by atoms with Crippen LogP contribution in [-0.2, 0) is 32.7 Å². The quantitative estimate of drug-likeness (QED) is 0.0234. The summed E-state index contributed by atoms with van der Waals surface area (Å²) in [6.45, 7) is 3.64. The maximum Gasteiger partial charge on any atom is 0.472 e. The summed E-state index contributed by atoms with van der Waals surface area (Å²) in [6.07, 6.45) is 56.1. The van der Waals surface area contributed by atoms with Crippen molar-refractivity contribution in [1.29, 1.82) is 0 Å². The molecule has 0 aromatic heterocycles. The molecule has 0 saturated heterocycles. The number of esters is 1. The number of rotatable bonds is 41. The first-order chi connectivity index (χ1) is 28.7. The van der Waals surface area contributed by atoms with Gasteiger partial charge < -0.3 is 25.2 Å². The summed E-state index contributed by atoms with van der Waals surface area (Å²) in [6, 6.07) is -1.49. The molecule has 0 spiro atoms. The van der Waals surface area contributed by atoms with E-state index in [1.807, 2.05) is 6.08 Å². The van der Waals surface area contributed by atoms with Crippen LogP contribution in [0.2, 0.25) is 0 Å². The number of carboxylic acids is 1. The van der Waals surface area contributed by atoms with Gasteiger partial charge in [-0.1, -0.05) is 156 Å². The lowest BCUT2D eigenvalue weighted by molar-refractivity contribution is -0.154. The van der Waals surface area contributed by atoms with Crippen LogP contribution in [0.3, 0.4) is 0 Å². The van der Waals surface area contributed by atoms with Crippen LogP contribution in [-0.4, -0.2) is 60.5 Å². The first kappa shape index (κ1) is 55.9. The van der Waals surface area contributed by atoms with E-state index in [1.54, 1.807) is 0 Å². The zero-order valence-electron chi connectivity index (χ0n) is 36.6. The molecular formula is C48H80NO9P. The van der Waals surface area contributed by atoms with Crippen molar-refractivity contribution in [1.82, 2.24) is 0 Å². The SMILES string of the molecule is CC/C=C\C/C=C\C/C=C\C/C=C\C/C=C\C/C=C\C/C=C\CCCC(=O)OC(COCCCCCCCC/C=C\CCCCCC)COP(=O)(O)OCC(N)C(=O)O. The van der Waals surface area contributed by atoms with Crippen LogP contribution in [0.15, 0.2) is 97.2 Å². The predicted octanol–water partition coefficient (Wildman–Crippen LogP) is 12.5. The summed E-state index contributed by atoms with van der Waals surface area (Å²) in [5, 5.41) is 8.90. The van der Waals surface area contributed by atoms with Gasteiger partial charge in [0.05, 0.1) is 19.8 Å². The highest BCUT2D eigenvalue weighted by atomic mass is 31.2. The fraction of sp³-hybridized carbons (Fsp3) is 0.625. The minimum absolute atomic E-state index is 0.0168. The molecule has 3 unspecified atom stereocenters. The Labute approximate surface area is 358 Å². The average molecular weight is 846 g/mol. The molecule has 0 aromatic rings. The second kappa shape index (κ2) is 43.0. The summed E-state index contributed by atoms with van der Waals surface area (Å²) < 4.78 is 33.3. The summed E-state index contributed by atoms with van der Waals surface area (Å²) in [7, 11) is -4.64. The number of phosphoric ester groups is 1. The highest BCUT2D eigenvalue weighted by Crippen LogP contribution is 2.43. The minimum atomic E-state index is -4.64. The molecule has 59 heavy (non-hydrogen) atoms. The van der Waals surface area contributed by atoms with Gasteiger partial charge in [0, 0.05) is 13.0 Å². The van der Waals surface area contributed by atoms with Crippen LogP contribution in [0, 0.1) is 0 Å². The van der Waals surface area contributed by atoms with E-state index in [2.05, 4.69) is 105 Å². The lowest BCUT2D eigenvalue weighted by atomic mass is 10.1. The molecule has 0 amide bonds. The maximum absolute atomic E-state index is 12.6. The van der Waals surface area contributed by atoms with Gasteiger partial charge in [-0.2, -0.15) is 0 Å². The van der Waals surface area contributed by atoms with Crippen LogP contribution in [0.4, 0.5) is 0 Å². The Morgan fingerprint density at radius 2 is 0.983 bits per heavy atom. The molecule has 10 nitrogen and oxygen atoms in total. The van der Waals surface area contributed by atoms with Gasteiger partial charge in [0.2, 0.25) is 0 Å². The topological polar surface area (TPSA) is 155 Å². The van der Waals surface area contributed by atoms with Crippen molar-refractivity contribution >= 4 is 19.8 Å². The molecule has 0 fully saturated rings. The lowest BCUT2D eigenvalue weighted by Gasteiger charge is -2.20. The number of carbonyl (C=O) groups excluding carboxylic acids is 1. The van der Waals surface area contributed by atoms with E-state index in [-0.39, 0.29) is 13.0 Å². The average Bonchev–Trinajstić information content (AvgIpc) is 3.21. The number of hydrogen-bond acceptors (Lipinski definition) is 8. The first-order valence-electron chi connectivity index (χ1n) is 22.3. The molecule has 336 valence electrons. The molecule has 0 aliphatic heterocycles. The third-order valence-corrected chi connectivity index (χ3v) is 9.80. The molecule has 0 aliphatic carbocycles. The highest BCUT2D eigenvalue weighted by molar-refractivity contribution is 7.47. The van der Waals surface area contributed by atoms with E-state index in [0.29, 0.717) is 19.4 Å². The molecule has 0 heterocycles. The molecule has 0 bridgehead atoms.